The SMILES string of the molecule is C=Cc1ccc2c(c1)c1ccccc1n2-c1cccc2c1C(=O)N(CCOCCOC)C2=O. The van der Waals surface area contributed by atoms with Crippen LogP contribution in [0.2, 0.25) is 0 Å². The van der Waals surface area contributed by atoms with E-state index in [1.807, 2.05) is 48.5 Å². The van der Waals surface area contributed by atoms with Gasteiger partial charge in [0, 0.05) is 17.9 Å². The number of aromatic nitrogens is 1. The van der Waals surface area contributed by atoms with Gasteiger partial charge in [0.05, 0.1) is 54.2 Å². The number of imide groups is 1. The van der Waals surface area contributed by atoms with Gasteiger partial charge in [0.2, 0.25) is 0 Å². The number of carbonyl (C=O) groups excluding carboxylic acids is 2. The van der Waals surface area contributed by atoms with Gasteiger partial charge in [0.15, 0.2) is 0 Å². The van der Waals surface area contributed by atoms with Gasteiger partial charge in [-0.3, -0.25) is 14.5 Å². The molecule has 0 fully saturated rings. The van der Waals surface area contributed by atoms with Gasteiger partial charge in [0.25, 0.3) is 11.8 Å². The maximum atomic E-state index is 13.4. The molecule has 0 radical (unpaired) electrons. The van der Waals surface area contributed by atoms with Gasteiger partial charge in [-0.15, -0.1) is 0 Å². The average molecular weight is 440 g/mol. The van der Waals surface area contributed by atoms with Crippen LogP contribution in [0.5, 0.6) is 0 Å². The molecule has 3 aromatic carbocycles. The molecule has 0 aliphatic carbocycles. The summed E-state index contributed by atoms with van der Waals surface area (Å²) in [7, 11) is 1.60. The third-order valence-corrected chi connectivity index (χ3v) is 6.04. The van der Waals surface area contributed by atoms with Crippen LogP contribution in [0.4, 0.5) is 0 Å². The van der Waals surface area contributed by atoms with Crippen LogP contribution in [0.1, 0.15) is 26.3 Å². The molecule has 0 unspecified atom stereocenters. The number of carbonyl (C=O) groups is 2. The number of hydrogen-bond acceptors (Lipinski definition) is 4. The zero-order valence-corrected chi connectivity index (χ0v) is 18.4. The molecule has 166 valence electrons. The molecule has 0 saturated heterocycles. The van der Waals surface area contributed by atoms with Crippen LogP contribution in [0.3, 0.4) is 0 Å². The Bertz CT molecular complexity index is 1400. The number of nitrogens with zero attached hydrogens (tertiary/aromatic N) is 2. The highest BCUT2D eigenvalue weighted by molar-refractivity contribution is 6.23. The van der Waals surface area contributed by atoms with Crippen LogP contribution in [0.15, 0.2) is 67.2 Å². The smallest absolute Gasteiger partial charge is 0.263 e. The fourth-order valence-electron chi connectivity index (χ4n) is 4.48. The molecule has 1 aliphatic heterocycles. The normalized spacial score (nSPS) is 13.3. The van der Waals surface area contributed by atoms with Crippen LogP contribution in [-0.2, 0) is 9.47 Å². The summed E-state index contributed by atoms with van der Waals surface area (Å²) < 4.78 is 12.5. The summed E-state index contributed by atoms with van der Waals surface area (Å²) in [5.74, 6) is -0.587. The molecule has 6 nitrogen and oxygen atoms in total. The van der Waals surface area contributed by atoms with Crippen LogP contribution in [0.25, 0.3) is 33.6 Å². The van der Waals surface area contributed by atoms with E-state index in [1.54, 1.807) is 13.2 Å². The topological polar surface area (TPSA) is 60.8 Å². The van der Waals surface area contributed by atoms with E-state index >= 15 is 0 Å². The predicted molar refractivity (Wildman–Crippen MR) is 129 cm³/mol. The maximum absolute atomic E-state index is 13.4. The fraction of sp³-hybridized carbons (Fsp3) is 0.185. The van der Waals surface area contributed by atoms with Gasteiger partial charge in [-0.25, -0.2) is 0 Å². The van der Waals surface area contributed by atoms with Crippen molar-refractivity contribution in [3.63, 3.8) is 0 Å². The van der Waals surface area contributed by atoms with E-state index in [0.717, 1.165) is 27.4 Å². The summed E-state index contributed by atoms with van der Waals surface area (Å²) in [6, 6.07) is 19.7. The van der Waals surface area contributed by atoms with Crippen molar-refractivity contribution in [2.24, 2.45) is 0 Å². The number of benzene rings is 3. The number of methoxy groups -OCH3 is 1. The molecule has 0 atom stereocenters. The van der Waals surface area contributed by atoms with E-state index in [2.05, 4.69) is 23.3 Å². The number of ether oxygens (including phenoxy) is 2. The van der Waals surface area contributed by atoms with E-state index < -0.39 is 0 Å². The first-order valence-electron chi connectivity index (χ1n) is 10.9. The highest BCUT2D eigenvalue weighted by Crippen LogP contribution is 2.36. The molecule has 1 aliphatic rings. The average Bonchev–Trinajstić information content (AvgIpc) is 3.30. The van der Waals surface area contributed by atoms with E-state index in [0.29, 0.717) is 30.0 Å². The number of hydrogen-bond donors (Lipinski definition) is 0. The lowest BCUT2D eigenvalue weighted by atomic mass is 10.1. The molecule has 0 spiro atoms. The molecule has 6 heteroatoms. The third kappa shape index (κ3) is 3.44. The summed E-state index contributed by atoms with van der Waals surface area (Å²) in [5.41, 5.74) is 4.51. The molecule has 2 heterocycles. The minimum atomic E-state index is -0.297. The van der Waals surface area contributed by atoms with Crippen LogP contribution >= 0.6 is 0 Å². The molecule has 2 amide bonds. The lowest BCUT2D eigenvalue weighted by Gasteiger charge is -2.14. The van der Waals surface area contributed by atoms with E-state index in [4.69, 9.17) is 9.47 Å². The monoisotopic (exact) mass is 440 g/mol. The number of fused-ring (bicyclic) bond motifs is 4. The van der Waals surface area contributed by atoms with Crippen molar-refractivity contribution >= 4 is 39.7 Å². The second kappa shape index (κ2) is 8.65. The first-order chi connectivity index (χ1) is 16.2. The second-order valence-corrected chi connectivity index (χ2v) is 7.90. The Balaban J connectivity index is 1.62. The maximum Gasteiger partial charge on any atom is 0.263 e. The van der Waals surface area contributed by atoms with Crippen LogP contribution < -0.4 is 0 Å². The quantitative estimate of drug-likeness (QED) is 0.295. The Labute approximate surface area is 191 Å². The van der Waals surface area contributed by atoms with E-state index in [9.17, 15) is 9.59 Å². The minimum Gasteiger partial charge on any atom is -0.382 e. The fourth-order valence-corrected chi connectivity index (χ4v) is 4.48. The Kier molecular flexibility index (Phi) is 5.54. The second-order valence-electron chi connectivity index (χ2n) is 7.90. The van der Waals surface area contributed by atoms with Gasteiger partial charge in [-0.2, -0.15) is 0 Å². The lowest BCUT2D eigenvalue weighted by Crippen LogP contribution is -2.33. The van der Waals surface area contributed by atoms with Crippen molar-refractivity contribution in [2.75, 3.05) is 33.5 Å². The number of para-hydroxylation sites is 1. The standard InChI is InChI=1S/C27H24N2O4/c1-3-18-11-12-23-21(17-18)19-7-4-5-9-22(19)29(23)24-10-6-8-20-25(24)27(31)28(26(20)30)13-14-33-16-15-32-2/h3-12,17H,1,13-16H2,2H3. The Morgan fingerprint density at radius 2 is 1.70 bits per heavy atom. The van der Waals surface area contributed by atoms with Crippen LogP contribution in [-0.4, -0.2) is 54.8 Å². The Hall–Kier alpha value is -3.74. The van der Waals surface area contributed by atoms with Gasteiger partial charge in [-0.1, -0.05) is 43.0 Å². The van der Waals surface area contributed by atoms with Crippen molar-refractivity contribution in [1.29, 1.82) is 0 Å². The zero-order valence-electron chi connectivity index (χ0n) is 18.4. The summed E-state index contributed by atoms with van der Waals surface area (Å²) in [4.78, 5) is 27.7. The number of rotatable bonds is 8. The van der Waals surface area contributed by atoms with E-state index in [-0.39, 0.29) is 25.0 Å². The van der Waals surface area contributed by atoms with Crippen molar-refractivity contribution in [1.82, 2.24) is 9.47 Å². The third-order valence-electron chi connectivity index (χ3n) is 6.04. The molecule has 33 heavy (non-hydrogen) atoms. The van der Waals surface area contributed by atoms with Gasteiger partial charge >= 0.3 is 0 Å². The van der Waals surface area contributed by atoms with Crippen molar-refractivity contribution in [2.45, 2.75) is 0 Å². The molecule has 0 N–H and O–H groups in total. The number of amides is 2. The van der Waals surface area contributed by atoms with Crippen molar-refractivity contribution in [3.8, 4) is 5.69 Å². The molecular formula is C27H24N2O4. The zero-order chi connectivity index (χ0) is 22.9. The predicted octanol–water partition coefficient (Wildman–Crippen LogP) is 4.69. The highest BCUT2D eigenvalue weighted by atomic mass is 16.5. The van der Waals surface area contributed by atoms with Crippen molar-refractivity contribution in [3.05, 3.63) is 83.9 Å². The Morgan fingerprint density at radius 3 is 2.52 bits per heavy atom. The molecule has 0 bridgehead atoms. The first-order valence-corrected chi connectivity index (χ1v) is 10.9. The molecule has 5 rings (SSSR count). The molecule has 4 aromatic rings. The van der Waals surface area contributed by atoms with Gasteiger partial charge < -0.3 is 14.0 Å². The van der Waals surface area contributed by atoms with Gasteiger partial charge in [0.1, 0.15) is 0 Å². The van der Waals surface area contributed by atoms with Crippen LogP contribution in [0, 0.1) is 0 Å². The van der Waals surface area contributed by atoms with E-state index in [1.165, 1.54) is 4.90 Å². The summed E-state index contributed by atoms with van der Waals surface area (Å²) >= 11 is 0. The largest absolute Gasteiger partial charge is 0.382 e. The Morgan fingerprint density at radius 1 is 0.879 bits per heavy atom. The van der Waals surface area contributed by atoms with Gasteiger partial charge in [-0.05, 0) is 35.9 Å². The summed E-state index contributed by atoms with van der Waals surface area (Å²) in [6.45, 7) is 5.23. The van der Waals surface area contributed by atoms with Crippen molar-refractivity contribution < 1.29 is 19.1 Å². The molecule has 1 aromatic heterocycles. The highest BCUT2D eigenvalue weighted by Gasteiger charge is 2.38. The molecule has 0 saturated carbocycles. The summed E-state index contributed by atoms with van der Waals surface area (Å²) in [6.07, 6.45) is 1.82. The minimum absolute atomic E-state index is 0.200. The molecular weight excluding hydrogens is 416 g/mol. The lowest BCUT2D eigenvalue weighted by molar-refractivity contribution is 0.0459. The summed E-state index contributed by atoms with van der Waals surface area (Å²) in [5, 5.41) is 2.15. The first kappa shape index (κ1) is 21.1.